The maximum absolute atomic E-state index is 12.2. The molecule has 7 heteroatoms. The van der Waals surface area contributed by atoms with Crippen LogP contribution in [-0.4, -0.2) is 41.8 Å². The highest BCUT2D eigenvalue weighted by atomic mass is 19.4. The monoisotopic (exact) mass is 345 g/mol. The maximum Gasteiger partial charge on any atom is 0.422 e. The van der Waals surface area contributed by atoms with Gasteiger partial charge in [0, 0.05) is 13.0 Å². The molecule has 1 aliphatic heterocycles. The highest BCUT2D eigenvalue weighted by molar-refractivity contribution is 5.67. The van der Waals surface area contributed by atoms with Crippen molar-refractivity contribution in [2.45, 2.75) is 38.4 Å². The summed E-state index contributed by atoms with van der Waals surface area (Å²) in [6, 6.07) is 6.69. The number of rotatable bonds is 6. The molecule has 2 rings (SSSR count). The summed E-state index contributed by atoms with van der Waals surface area (Å²) >= 11 is 0. The summed E-state index contributed by atoms with van der Waals surface area (Å²) in [4.78, 5) is 13.0. The molecule has 4 nitrogen and oxygen atoms in total. The van der Waals surface area contributed by atoms with Crippen molar-refractivity contribution in [3.63, 3.8) is 0 Å². The van der Waals surface area contributed by atoms with Crippen molar-refractivity contribution in [3.05, 3.63) is 29.8 Å². The second-order valence-electron chi connectivity index (χ2n) is 6.22. The molecule has 0 bridgehead atoms. The molecule has 1 aromatic rings. The first-order valence-electron chi connectivity index (χ1n) is 8.04. The van der Waals surface area contributed by atoms with E-state index in [1.54, 1.807) is 12.1 Å². The molecular weight excluding hydrogens is 323 g/mol. The lowest BCUT2D eigenvalue weighted by molar-refractivity contribution is -0.153. The summed E-state index contributed by atoms with van der Waals surface area (Å²) in [5.74, 6) is -0.347. The van der Waals surface area contributed by atoms with Gasteiger partial charge in [0.2, 0.25) is 0 Å². The van der Waals surface area contributed by atoms with Crippen LogP contribution in [0.5, 0.6) is 5.75 Å². The number of benzene rings is 1. The molecule has 1 fully saturated rings. The number of carboxylic acid groups (broad SMARTS) is 1. The smallest absolute Gasteiger partial charge is 0.422 e. The lowest BCUT2D eigenvalue weighted by Gasteiger charge is -2.20. The molecule has 0 saturated carbocycles. The third-order valence-corrected chi connectivity index (χ3v) is 4.11. The third kappa shape index (κ3) is 6.78. The average Bonchev–Trinajstić information content (AvgIpc) is 2.70. The Balaban J connectivity index is 1.88. The minimum atomic E-state index is -4.35. The molecule has 1 aliphatic rings. The Hall–Kier alpha value is -1.76. The van der Waals surface area contributed by atoms with Crippen molar-refractivity contribution in [2.75, 3.05) is 19.7 Å². The Morgan fingerprint density at radius 3 is 2.79 bits per heavy atom. The molecule has 0 aliphatic carbocycles. The van der Waals surface area contributed by atoms with Gasteiger partial charge in [-0.05, 0) is 56.0 Å². The lowest BCUT2D eigenvalue weighted by atomic mass is 9.97. The van der Waals surface area contributed by atoms with Crippen LogP contribution in [0.1, 0.15) is 31.2 Å². The van der Waals surface area contributed by atoms with Crippen molar-refractivity contribution >= 4 is 5.97 Å². The van der Waals surface area contributed by atoms with E-state index in [-0.39, 0.29) is 18.1 Å². The number of hydrogen-bond acceptors (Lipinski definition) is 3. The predicted octanol–water partition coefficient (Wildman–Crippen LogP) is 3.70. The largest absolute Gasteiger partial charge is 0.484 e. The van der Waals surface area contributed by atoms with E-state index >= 15 is 0 Å². The highest BCUT2D eigenvalue weighted by Crippen LogP contribution is 2.23. The first kappa shape index (κ1) is 18.6. The van der Waals surface area contributed by atoms with Crippen LogP contribution in [0.3, 0.4) is 0 Å². The standard InChI is InChI=1S/C17H22F3NO3/c18-17(19,20)12-24-15-5-1-3-14(9-15)11-21-7-2-4-13(6-8-21)10-16(22)23/h1,3,5,9,13H,2,4,6-8,10-12H2,(H,22,23). The molecule has 0 aromatic heterocycles. The Kier molecular flexibility index (Phi) is 6.48. The van der Waals surface area contributed by atoms with Crippen molar-refractivity contribution in [1.29, 1.82) is 0 Å². The average molecular weight is 345 g/mol. The van der Waals surface area contributed by atoms with Crippen LogP contribution in [0, 0.1) is 5.92 Å². The van der Waals surface area contributed by atoms with Crippen LogP contribution < -0.4 is 4.74 Å². The predicted molar refractivity (Wildman–Crippen MR) is 82.9 cm³/mol. The van der Waals surface area contributed by atoms with Crippen LogP contribution in [0.25, 0.3) is 0 Å². The number of nitrogens with zero attached hydrogens (tertiary/aromatic N) is 1. The molecule has 24 heavy (non-hydrogen) atoms. The zero-order valence-electron chi connectivity index (χ0n) is 13.4. The summed E-state index contributed by atoms with van der Waals surface area (Å²) in [6.45, 7) is 0.995. The van der Waals surface area contributed by atoms with E-state index in [1.807, 2.05) is 6.07 Å². The number of ether oxygens (including phenoxy) is 1. The zero-order valence-corrected chi connectivity index (χ0v) is 13.4. The van der Waals surface area contributed by atoms with Gasteiger partial charge in [0.1, 0.15) is 5.75 Å². The van der Waals surface area contributed by atoms with Crippen molar-refractivity contribution in [2.24, 2.45) is 5.92 Å². The summed E-state index contributed by atoms with van der Waals surface area (Å²) in [5, 5.41) is 8.89. The molecule has 0 amide bonds. The van der Waals surface area contributed by atoms with Gasteiger partial charge in [-0.1, -0.05) is 12.1 Å². The normalized spacial score (nSPS) is 19.7. The van der Waals surface area contributed by atoms with Gasteiger partial charge >= 0.3 is 12.1 Å². The molecular formula is C17H22F3NO3. The third-order valence-electron chi connectivity index (χ3n) is 4.11. The van der Waals surface area contributed by atoms with Gasteiger partial charge in [-0.25, -0.2) is 0 Å². The quantitative estimate of drug-likeness (QED) is 0.854. The van der Waals surface area contributed by atoms with Gasteiger partial charge in [-0.3, -0.25) is 9.69 Å². The Bertz CT molecular complexity index is 548. The van der Waals surface area contributed by atoms with Gasteiger partial charge in [-0.15, -0.1) is 0 Å². The molecule has 0 spiro atoms. The van der Waals surface area contributed by atoms with Gasteiger partial charge in [0.05, 0.1) is 0 Å². The second kappa shape index (κ2) is 8.37. The number of likely N-dealkylation sites (tertiary alicyclic amines) is 1. The Morgan fingerprint density at radius 1 is 1.29 bits per heavy atom. The molecule has 1 heterocycles. The second-order valence-corrected chi connectivity index (χ2v) is 6.22. The summed E-state index contributed by atoms with van der Waals surface area (Å²) in [7, 11) is 0. The van der Waals surface area contributed by atoms with Crippen LogP contribution in [0.4, 0.5) is 13.2 Å². The van der Waals surface area contributed by atoms with Crippen molar-refractivity contribution in [1.82, 2.24) is 4.90 Å². The number of carboxylic acids is 1. The number of aliphatic carboxylic acids is 1. The van der Waals surface area contributed by atoms with Crippen molar-refractivity contribution < 1.29 is 27.8 Å². The summed E-state index contributed by atoms with van der Waals surface area (Å²) < 4.78 is 41.4. The lowest BCUT2D eigenvalue weighted by Crippen LogP contribution is -2.24. The molecule has 1 aromatic carbocycles. The fourth-order valence-corrected chi connectivity index (χ4v) is 2.99. The minimum Gasteiger partial charge on any atom is -0.484 e. The highest BCUT2D eigenvalue weighted by Gasteiger charge is 2.28. The fourth-order valence-electron chi connectivity index (χ4n) is 2.99. The first-order valence-corrected chi connectivity index (χ1v) is 8.04. The molecule has 1 N–H and O–H groups in total. The SMILES string of the molecule is O=C(O)CC1CCCN(Cc2cccc(OCC(F)(F)F)c2)CC1. The van der Waals surface area contributed by atoms with E-state index in [9.17, 15) is 18.0 Å². The van der Waals surface area contributed by atoms with E-state index in [1.165, 1.54) is 6.07 Å². The van der Waals surface area contributed by atoms with Crippen LogP contribution in [-0.2, 0) is 11.3 Å². The van der Waals surface area contributed by atoms with Gasteiger partial charge < -0.3 is 9.84 Å². The fraction of sp³-hybridized carbons (Fsp3) is 0.588. The molecule has 1 saturated heterocycles. The van der Waals surface area contributed by atoms with Gasteiger partial charge in [-0.2, -0.15) is 13.2 Å². The van der Waals surface area contributed by atoms with E-state index in [4.69, 9.17) is 9.84 Å². The molecule has 0 radical (unpaired) electrons. The first-order chi connectivity index (χ1) is 11.3. The number of halogens is 3. The summed E-state index contributed by atoms with van der Waals surface area (Å²) in [5.41, 5.74) is 0.895. The van der Waals surface area contributed by atoms with Crippen LogP contribution in [0.15, 0.2) is 24.3 Å². The zero-order chi connectivity index (χ0) is 17.6. The van der Waals surface area contributed by atoms with Crippen LogP contribution >= 0.6 is 0 Å². The number of alkyl halides is 3. The summed E-state index contributed by atoms with van der Waals surface area (Å²) in [6.07, 6.45) is -1.48. The number of hydrogen-bond donors (Lipinski definition) is 1. The van der Waals surface area contributed by atoms with Crippen LogP contribution in [0.2, 0.25) is 0 Å². The Morgan fingerprint density at radius 2 is 2.08 bits per heavy atom. The number of carbonyl (C=O) groups is 1. The maximum atomic E-state index is 12.2. The Labute approximate surface area is 139 Å². The topological polar surface area (TPSA) is 49.8 Å². The molecule has 134 valence electrons. The minimum absolute atomic E-state index is 0.203. The van der Waals surface area contributed by atoms with Gasteiger partial charge in [0.15, 0.2) is 6.61 Å². The van der Waals surface area contributed by atoms with Crippen molar-refractivity contribution in [3.8, 4) is 5.75 Å². The molecule has 1 atom stereocenters. The van der Waals surface area contributed by atoms with E-state index < -0.39 is 18.8 Å². The van der Waals surface area contributed by atoms with E-state index in [0.717, 1.165) is 37.9 Å². The van der Waals surface area contributed by atoms with Gasteiger partial charge in [0.25, 0.3) is 0 Å². The molecule has 1 unspecified atom stereocenters. The van der Waals surface area contributed by atoms with E-state index in [0.29, 0.717) is 6.54 Å². The van der Waals surface area contributed by atoms with E-state index in [2.05, 4.69) is 4.90 Å².